The first-order chi connectivity index (χ1) is 10.6. The molecule has 2 amide bonds. The number of aliphatic hydroxyl groups is 1. The van der Waals surface area contributed by atoms with Gasteiger partial charge in [0.2, 0.25) is 11.8 Å². The van der Waals surface area contributed by atoms with Crippen LogP contribution in [-0.4, -0.2) is 65.0 Å². The van der Waals surface area contributed by atoms with Crippen molar-refractivity contribution in [3.63, 3.8) is 0 Å². The van der Waals surface area contributed by atoms with Crippen molar-refractivity contribution in [2.24, 2.45) is 0 Å². The monoisotopic (exact) mass is 303 g/mol. The number of aliphatic hydroxyl groups excluding tert-OH is 1. The van der Waals surface area contributed by atoms with Crippen molar-refractivity contribution in [1.82, 2.24) is 15.1 Å². The predicted octanol–water partition coefficient (Wildman–Crippen LogP) is -0.501. The Hall–Kier alpha value is -1.92. The molecule has 2 N–H and O–H groups in total. The van der Waals surface area contributed by atoms with Crippen LogP contribution in [0.4, 0.5) is 0 Å². The number of hydrogen-bond acceptors (Lipinski definition) is 4. The number of amides is 2. The average molecular weight is 303 g/mol. The molecule has 2 saturated heterocycles. The van der Waals surface area contributed by atoms with E-state index in [1.165, 1.54) is 11.1 Å². The fraction of sp³-hybridized carbons (Fsp3) is 0.500. The van der Waals surface area contributed by atoms with Crippen LogP contribution in [-0.2, 0) is 16.1 Å². The van der Waals surface area contributed by atoms with Crippen molar-refractivity contribution in [1.29, 1.82) is 0 Å². The Bertz CT molecular complexity index is 590. The van der Waals surface area contributed by atoms with E-state index in [4.69, 9.17) is 5.11 Å². The van der Waals surface area contributed by atoms with Crippen LogP contribution in [0, 0.1) is 6.92 Å². The third kappa shape index (κ3) is 2.84. The lowest BCUT2D eigenvalue weighted by Gasteiger charge is -2.45. The Labute approximate surface area is 129 Å². The summed E-state index contributed by atoms with van der Waals surface area (Å²) in [6, 6.07) is 7.07. The van der Waals surface area contributed by atoms with Gasteiger partial charge < -0.3 is 15.3 Å². The van der Waals surface area contributed by atoms with Gasteiger partial charge in [-0.05, 0) is 12.5 Å². The highest BCUT2D eigenvalue weighted by Gasteiger charge is 2.42. The quantitative estimate of drug-likeness (QED) is 0.789. The maximum atomic E-state index is 12.2. The summed E-state index contributed by atoms with van der Waals surface area (Å²) in [5.41, 5.74) is 2.43. The molecule has 0 aromatic heterocycles. The number of aryl methyl sites for hydroxylation is 1. The second kappa shape index (κ2) is 6.06. The zero-order chi connectivity index (χ0) is 15.7. The van der Waals surface area contributed by atoms with E-state index in [0.29, 0.717) is 13.1 Å². The topological polar surface area (TPSA) is 72.9 Å². The number of nitrogens with one attached hydrogen (secondary N) is 1. The molecule has 6 nitrogen and oxygen atoms in total. The van der Waals surface area contributed by atoms with Gasteiger partial charge in [0.15, 0.2) is 0 Å². The first kappa shape index (κ1) is 15.0. The molecule has 0 radical (unpaired) electrons. The lowest BCUT2D eigenvalue weighted by Crippen LogP contribution is -2.69. The molecule has 1 aromatic carbocycles. The van der Waals surface area contributed by atoms with Crippen molar-refractivity contribution in [3.05, 3.63) is 35.4 Å². The number of piperazine rings is 2. The zero-order valence-electron chi connectivity index (χ0n) is 12.7. The van der Waals surface area contributed by atoms with Gasteiger partial charge in [-0.25, -0.2) is 0 Å². The first-order valence-electron chi connectivity index (χ1n) is 7.58. The molecule has 0 spiro atoms. The van der Waals surface area contributed by atoms with Gasteiger partial charge in [0.25, 0.3) is 0 Å². The molecule has 0 unspecified atom stereocenters. The van der Waals surface area contributed by atoms with Crippen LogP contribution in [0.2, 0.25) is 0 Å². The van der Waals surface area contributed by atoms with Crippen LogP contribution in [0.25, 0.3) is 0 Å². The zero-order valence-corrected chi connectivity index (χ0v) is 12.7. The number of benzene rings is 1. The number of carbonyl (C=O) groups is 2. The Kier molecular flexibility index (Phi) is 4.13. The Morgan fingerprint density at radius 1 is 1.32 bits per heavy atom. The summed E-state index contributed by atoms with van der Waals surface area (Å²) < 4.78 is 0. The molecule has 2 fully saturated rings. The van der Waals surface area contributed by atoms with E-state index in [9.17, 15) is 9.59 Å². The minimum absolute atomic E-state index is 0.174. The third-order valence-corrected chi connectivity index (χ3v) is 4.34. The molecule has 2 atom stereocenters. The van der Waals surface area contributed by atoms with Crippen LogP contribution in [0.15, 0.2) is 24.3 Å². The summed E-state index contributed by atoms with van der Waals surface area (Å²) in [6.45, 7) is 4.28. The van der Waals surface area contributed by atoms with Gasteiger partial charge in [0.1, 0.15) is 12.1 Å². The number of carbonyl (C=O) groups excluding carboxylic acids is 2. The van der Waals surface area contributed by atoms with E-state index in [1.54, 1.807) is 4.90 Å². The maximum Gasteiger partial charge on any atom is 0.248 e. The van der Waals surface area contributed by atoms with E-state index in [2.05, 4.69) is 35.3 Å². The standard InChI is InChI=1S/C16H21N3O3/c1-11-3-2-4-12(7-11)8-18-5-6-19-14(9-18)15(21)17-13(10-20)16(19)22/h2-4,7,13-14,20H,5-6,8-10H2,1H3,(H,17,21)/t13-,14+/m0/s1. The van der Waals surface area contributed by atoms with Gasteiger partial charge in [-0.2, -0.15) is 0 Å². The normalized spacial score (nSPS) is 25.8. The van der Waals surface area contributed by atoms with E-state index < -0.39 is 12.1 Å². The van der Waals surface area contributed by atoms with Gasteiger partial charge in [-0.1, -0.05) is 29.8 Å². The molecule has 118 valence electrons. The van der Waals surface area contributed by atoms with Crippen LogP contribution < -0.4 is 5.32 Å². The average Bonchev–Trinajstić information content (AvgIpc) is 2.51. The minimum Gasteiger partial charge on any atom is -0.394 e. The Balaban J connectivity index is 1.68. The van der Waals surface area contributed by atoms with Gasteiger partial charge in [0.05, 0.1) is 6.61 Å². The second-order valence-electron chi connectivity index (χ2n) is 6.02. The van der Waals surface area contributed by atoms with E-state index in [1.807, 2.05) is 6.07 Å². The molecular formula is C16H21N3O3. The molecule has 0 aliphatic carbocycles. The van der Waals surface area contributed by atoms with Crippen LogP contribution in [0.3, 0.4) is 0 Å². The van der Waals surface area contributed by atoms with Gasteiger partial charge >= 0.3 is 0 Å². The SMILES string of the molecule is Cc1cccc(CN2CCN3C(=O)[C@H](CO)NC(=O)[C@H]3C2)c1. The lowest BCUT2D eigenvalue weighted by atomic mass is 10.0. The number of nitrogens with zero attached hydrogens (tertiary/aromatic N) is 2. The van der Waals surface area contributed by atoms with E-state index in [-0.39, 0.29) is 18.4 Å². The van der Waals surface area contributed by atoms with Crippen LogP contribution >= 0.6 is 0 Å². The molecule has 2 heterocycles. The molecule has 1 aromatic rings. The highest BCUT2D eigenvalue weighted by molar-refractivity contribution is 5.97. The summed E-state index contributed by atoms with van der Waals surface area (Å²) >= 11 is 0. The van der Waals surface area contributed by atoms with Gasteiger partial charge in [0, 0.05) is 26.2 Å². The predicted molar refractivity (Wildman–Crippen MR) is 81.0 cm³/mol. The Morgan fingerprint density at radius 3 is 2.86 bits per heavy atom. The molecule has 2 aliphatic heterocycles. The number of rotatable bonds is 3. The maximum absolute atomic E-state index is 12.2. The van der Waals surface area contributed by atoms with Crippen LogP contribution in [0.5, 0.6) is 0 Å². The number of fused-ring (bicyclic) bond motifs is 1. The molecule has 0 saturated carbocycles. The van der Waals surface area contributed by atoms with Gasteiger partial charge in [-0.15, -0.1) is 0 Å². The minimum atomic E-state index is -0.785. The molecular weight excluding hydrogens is 282 g/mol. The summed E-state index contributed by atoms with van der Waals surface area (Å²) in [7, 11) is 0. The fourth-order valence-corrected chi connectivity index (χ4v) is 3.19. The van der Waals surface area contributed by atoms with Gasteiger partial charge in [-0.3, -0.25) is 14.5 Å². The second-order valence-corrected chi connectivity index (χ2v) is 6.02. The largest absolute Gasteiger partial charge is 0.394 e. The summed E-state index contributed by atoms with van der Waals surface area (Å²) in [4.78, 5) is 28.1. The smallest absolute Gasteiger partial charge is 0.248 e. The van der Waals surface area contributed by atoms with Crippen LogP contribution in [0.1, 0.15) is 11.1 Å². The molecule has 6 heteroatoms. The van der Waals surface area contributed by atoms with Crippen molar-refractivity contribution in [2.75, 3.05) is 26.2 Å². The fourth-order valence-electron chi connectivity index (χ4n) is 3.19. The first-order valence-corrected chi connectivity index (χ1v) is 7.58. The van der Waals surface area contributed by atoms with E-state index in [0.717, 1.165) is 13.1 Å². The van der Waals surface area contributed by atoms with Crippen molar-refractivity contribution in [2.45, 2.75) is 25.6 Å². The lowest BCUT2D eigenvalue weighted by molar-refractivity contribution is -0.154. The highest BCUT2D eigenvalue weighted by atomic mass is 16.3. The summed E-state index contributed by atoms with van der Waals surface area (Å²) in [5, 5.41) is 11.8. The van der Waals surface area contributed by atoms with Crippen molar-refractivity contribution < 1.29 is 14.7 Å². The highest BCUT2D eigenvalue weighted by Crippen LogP contribution is 2.18. The molecule has 2 aliphatic rings. The Morgan fingerprint density at radius 2 is 2.14 bits per heavy atom. The third-order valence-electron chi connectivity index (χ3n) is 4.34. The molecule has 3 rings (SSSR count). The van der Waals surface area contributed by atoms with Crippen molar-refractivity contribution in [3.8, 4) is 0 Å². The number of hydrogen-bond donors (Lipinski definition) is 2. The van der Waals surface area contributed by atoms with Crippen molar-refractivity contribution >= 4 is 11.8 Å². The van der Waals surface area contributed by atoms with E-state index >= 15 is 0 Å². The summed E-state index contributed by atoms with van der Waals surface area (Å²) in [6.07, 6.45) is 0. The molecule has 22 heavy (non-hydrogen) atoms. The molecule has 0 bridgehead atoms. The summed E-state index contributed by atoms with van der Waals surface area (Å²) in [5.74, 6) is -0.352.